The molecule has 2 aliphatic rings. The van der Waals surface area contributed by atoms with E-state index in [4.69, 9.17) is 14.2 Å². The van der Waals surface area contributed by atoms with Gasteiger partial charge in [-0.25, -0.2) is 0 Å². The monoisotopic (exact) mass is 552 g/mol. The SMILES string of the molecule is CC(=O)O[C@@H](CC[C@@H](O)[C@]1(C)CC[C@H]([C@@](C)(O)CCC=C(C)C)O1)[C@]1(C)CC[C@H]([C@@](C)(O)CCC=C(C)C)O1. The molecule has 0 aromatic carbocycles. The van der Waals surface area contributed by atoms with Gasteiger partial charge in [-0.05, 0) is 120 Å². The van der Waals surface area contributed by atoms with Crippen LogP contribution in [0.3, 0.4) is 0 Å². The van der Waals surface area contributed by atoms with Crippen LogP contribution in [0.1, 0.15) is 127 Å². The molecule has 3 N–H and O–H groups in total. The first-order valence-electron chi connectivity index (χ1n) is 14.8. The summed E-state index contributed by atoms with van der Waals surface area (Å²) in [6, 6.07) is 0. The van der Waals surface area contributed by atoms with Crippen LogP contribution in [0.15, 0.2) is 23.3 Å². The molecule has 7 heteroatoms. The zero-order valence-corrected chi connectivity index (χ0v) is 26.0. The molecule has 2 aliphatic heterocycles. The van der Waals surface area contributed by atoms with Crippen molar-refractivity contribution in [3.8, 4) is 0 Å². The number of aliphatic hydroxyl groups is 3. The minimum atomic E-state index is -0.993. The highest BCUT2D eigenvalue weighted by atomic mass is 16.6. The predicted molar refractivity (Wildman–Crippen MR) is 154 cm³/mol. The van der Waals surface area contributed by atoms with E-state index in [0.717, 1.165) is 12.8 Å². The Labute approximate surface area is 237 Å². The highest BCUT2D eigenvalue weighted by Crippen LogP contribution is 2.43. The Bertz CT molecular complexity index is 868. The Morgan fingerprint density at radius 1 is 0.872 bits per heavy atom. The second-order valence-electron chi connectivity index (χ2n) is 13.5. The van der Waals surface area contributed by atoms with Crippen LogP contribution in [0.5, 0.6) is 0 Å². The summed E-state index contributed by atoms with van der Waals surface area (Å²) in [5.41, 5.74) is -1.08. The van der Waals surface area contributed by atoms with Gasteiger partial charge in [0.1, 0.15) is 11.7 Å². The Hall–Kier alpha value is -1.25. The number of rotatable bonds is 14. The van der Waals surface area contributed by atoms with Gasteiger partial charge in [0.25, 0.3) is 0 Å². The summed E-state index contributed by atoms with van der Waals surface area (Å²) in [5, 5.41) is 33.5. The van der Waals surface area contributed by atoms with Crippen molar-refractivity contribution in [1.82, 2.24) is 0 Å². The van der Waals surface area contributed by atoms with Crippen LogP contribution < -0.4 is 0 Å². The van der Waals surface area contributed by atoms with Crippen LogP contribution in [0.2, 0.25) is 0 Å². The molecular formula is C32H56O7. The van der Waals surface area contributed by atoms with Gasteiger partial charge in [0.05, 0.1) is 35.1 Å². The summed E-state index contributed by atoms with van der Waals surface area (Å²) >= 11 is 0. The van der Waals surface area contributed by atoms with Crippen LogP contribution in [0.4, 0.5) is 0 Å². The van der Waals surface area contributed by atoms with Crippen LogP contribution >= 0.6 is 0 Å². The van der Waals surface area contributed by atoms with E-state index in [9.17, 15) is 20.1 Å². The largest absolute Gasteiger partial charge is 0.459 e. The first-order valence-corrected chi connectivity index (χ1v) is 14.8. The third-order valence-electron chi connectivity index (χ3n) is 8.82. The lowest BCUT2D eigenvalue weighted by atomic mass is 9.86. The number of carbonyl (C=O) groups is 1. The number of aliphatic hydroxyl groups excluding tert-OH is 1. The number of carbonyl (C=O) groups excluding carboxylic acids is 1. The molecule has 0 amide bonds. The van der Waals surface area contributed by atoms with Gasteiger partial charge in [-0.15, -0.1) is 0 Å². The number of hydrogen-bond donors (Lipinski definition) is 3. The number of allylic oxidation sites excluding steroid dienone is 4. The van der Waals surface area contributed by atoms with Crippen molar-refractivity contribution >= 4 is 5.97 Å². The molecule has 2 fully saturated rings. The molecule has 0 radical (unpaired) electrons. The molecule has 2 saturated heterocycles. The molecule has 0 aliphatic carbocycles. The maximum atomic E-state index is 12.0. The van der Waals surface area contributed by atoms with Gasteiger partial charge in [0.15, 0.2) is 0 Å². The molecule has 7 nitrogen and oxygen atoms in total. The van der Waals surface area contributed by atoms with Crippen LogP contribution in [-0.2, 0) is 19.0 Å². The van der Waals surface area contributed by atoms with E-state index < -0.39 is 40.6 Å². The summed E-state index contributed by atoms with van der Waals surface area (Å²) in [6.45, 7) is 17.0. The van der Waals surface area contributed by atoms with Crippen molar-refractivity contribution in [1.29, 1.82) is 0 Å². The Morgan fingerprint density at radius 3 is 1.74 bits per heavy atom. The summed E-state index contributed by atoms with van der Waals surface area (Å²) in [4.78, 5) is 12.0. The lowest BCUT2D eigenvalue weighted by Crippen LogP contribution is -2.48. The van der Waals surface area contributed by atoms with Gasteiger partial charge in [-0.2, -0.15) is 0 Å². The lowest BCUT2D eigenvalue weighted by molar-refractivity contribution is -0.187. The smallest absolute Gasteiger partial charge is 0.303 e. The first-order chi connectivity index (χ1) is 17.9. The van der Waals surface area contributed by atoms with Crippen LogP contribution in [0.25, 0.3) is 0 Å². The zero-order valence-electron chi connectivity index (χ0n) is 26.0. The lowest BCUT2D eigenvalue weighted by Gasteiger charge is -2.38. The molecule has 0 saturated carbocycles. The van der Waals surface area contributed by atoms with E-state index in [1.54, 1.807) is 0 Å². The van der Waals surface area contributed by atoms with E-state index in [1.165, 1.54) is 18.1 Å². The Kier molecular flexibility index (Phi) is 11.8. The average Bonchev–Trinajstić information content (AvgIpc) is 3.41. The fraction of sp³-hybridized carbons (Fsp3) is 0.844. The Balaban J connectivity index is 2.02. The maximum Gasteiger partial charge on any atom is 0.303 e. The van der Waals surface area contributed by atoms with E-state index >= 15 is 0 Å². The second kappa shape index (κ2) is 13.6. The van der Waals surface area contributed by atoms with E-state index in [1.807, 2.05) is 55.4 Å². The third kappa shape index (κ3) is 9.67. The van der Waals surface area contributed by atoms with Crippen molar-refractivity contribution in [2.75, 3.05) is 0 Å². The highest BCUT2D eigenvalue weighted by Gasteiger charge is 2.51. The molecule has 226 valence electrons. The van der Waals surface area contributed by atoms with Gasteiger partial charge in [-0.1, -0.05) is 23.3 Å². The molecule has 0 bridgehead atoms. The highest BCUT2D eigenvalue weighted by molar-refractivity contribution is 5.66. The average molecular weight is 553 g/mol. The normalized spacial score (nSPS) is 31.6. The van der Waals surface area contributed by atoms with Crippen molar-refractivity contribution in [2.24, 2.45) is 0 Å². The molecule has 0 aromatic rings. The van der Waals surface area contributed by atoms with E-state index in [-0.39, 0.29) is 12.2 Å². The summed E-state index contributed by atoms with van der Waals surface area (Å²) in [6.07, 6.45) is 8.31. The third-order valence-corrected chi connectivity index (χ3v) is 8.82. The van der Waals surface area contributed by atoms with Gasteiger partial charge in [0, 0.05) is 6.92 Å². The van der Waals surface area contributed by atoms with Gasteiger partial charge in [0.2, 0.25) is 0 Å². The summed E-state index contributed by atoms with van der Waals surface area (Å²) < 4.78 is 18.5. The molecule has 2 heterocycles. The minimum Gasteiger partial charge on any atom is -0.459 e. The summed E-state index contributed by atoms with van der Waals surface area (Å²) in [7, 11) is 0. The topological polar surface area (TPSA) is 105 Å². The number of ether oxygens (including phenoxy) is 3. The van der Waals surface area contributed by atoms with Crippen LogP contribution in [-0.4, -0.2) is 68.1 Å². The molecular weight excluding hydrogens is 496 g/mol. The fourth-order valence-electron chi connectivity index (χ4n) is 6.01. The predicted octanol–water partition coefficient (Wildman–Crippen LogP) is 5.93. The van der Waals surface area contributed by atoms with Crippen molar-refractivity contribution in [3.63, 3.8) is 0 Å². The first kappa shape index (κ1) is 34.0. The van der Waals surface area contributed by atoms with E-state index in [0.29, 0.717) is 51.4 Å². The molecule has 0 aromatic heterocycles. The molecule has 8 atom stereocenters. The maximum absolute atomic E-state index is 12.0. The molecule has 39 heavy (non-hydrogen) atoms. The van der Waals surface area contributed by atoms with Crippen LogP contribution in [0, 0.1) is 0 Å². The van der Waals surface area contributed by atoms with Gasteiger partial charge >= 0.3 is 5.97 Å². The number of hydrogen-bond acceptors (Lipinski definition) is 7. The van der Waals surface area contributed by atoms with Crippen molar-refractivity contribution in [2.45, 2.75) is 173 Å². The zero-order chi connectivity index (χ0) is 29.6. The molecule has 0 spiro atoms. The van der Waals surface area contributed by atoms with Gasteiger partial charge < -0.3 is 29.5 Å². The summed E-state index contributed by atoms with van der Waals surface area (Å²) in [5.74, 6) is -0.395. The second-order valence-corrected chi connectivity index (χ2v) is 13.5. The standard InChI is InChI=1S/C32H56O7/c1-22(2)12-10-18-29(6,35)26-16-20-31(8,38-26)25(34)14-15-28(37-24(5)33)32(9)21-17-27(39-32)30(7,36)19-11-13-23(3)4/h12-13,25-28,34-36H,10-11,14-21H2,1-9H3/t25-,26-,27-,28+,29+,30+,31+,32+/m1/s1. The molecule has 2 rings (SSSR count). The Morgan fingerprint density at radius 2 is 1.31 bits per heavy atom. The van der Waals surface area contributed by atoms with Gasteiger partial charge in [-0.3, -0.25) is 4.79 Å². The van der Waals surface area contributed by atoms with E-state index in [2.05, 4.69) is 12.2 Å². The molecule has 0 unspecified atom stereocenters. The quantitative estimate of drug-likeness (QED) is 0.181. The van der Waals surface area contributed by atoms with Crippen molar-refractivity contribution in [3.05, 3.63) is 23.3 Å². The minimum absolute atomic E-state index is 0.350. The van der Waals surface area contributed by atoms with Crippen molar-refractivity contribution < 1.29 is 34.3 Å². The fourth-order valence-corrected chi connectivity index (χ4v) is 6.01. The number of esters is 1.